The Hall–Kier alpha value is -1.78. The van der Waals surface area contributed by atoms with E-state index in [1.54, 1.807) is 19.1 Å². The summed E-state index contributed by atoms with van der Waals surface area (Å²) in [5.74, 6) is -0.737. The number of hydrogen-bond donors (Lipinski definition) is 0. The van der Waals surface area contributed by atoms with Crippen LogP contribution in [0.4, 0.5) is 0 Å². The van der Waals surface area contributed by atoms with Crippen LogP contribution in [0.1, 0.15) is 35.6 Å². The molecule has 92 valence electrons. The second kappa shape index (κ2) is 4.61. The average molecular weight is 236 g/mol. The summed E-state index contributed by atoms with van der Waals surface area (Å²) in [6, 6.07) is 2.42. The second-order valence-electron chi connectivity index (χ2n) is 4.24. The van der Waals surface area contributed by atoms with Crippen molar-refractivity contribution in [3.8, 4) is 0 Å². The van der Waals surface area contributed by atoms with Crippen LogP contribution in [0.2, 0.25) is 0 Å². The van der Waals surface area contributed by atoms with Crippen molar-refractivity contribution in [3.63, 3.8) is 0 Å². The minimum Gasteiger partial charge on any atom is -0.548 e. The highest BCUT2D eigenvalue weighted by atomic mass is 16.4. The fourth-order valence-electron chi connectivity index (χ4n) is 2.11. The molecule has 1 atom stereocenters. The van der Waals surface area contributed by atoms with Crippen molar-refractivity contribution in [1.82, 2.24) is 4.90 Å². The first kappa shape index (κ1) is 11.7. The zero-order valence-corrected chi connectivity index (χ0v) is 9.64. The predicted octanol–water partition coefficient (Wildman–Crippen LogP) is 0.333. The number of carbonyl (C=O) groups is 2. The van der Waals surface area contributed by atoms with Crippen molar-refractivity contribution in [2.75, 3.05) is 6.54 Å². The molecule has 1 saturated heterocycles. The van der Waals surface area contributed by atoms with E-state index in [9.17, 15) is 14.7 Å². The van der Waals surface area contributed by atoms with E-state index in [-0.39, 0.29) is 11.7 Å². The molecule has 0 aliphatic carbocycles. The standard InChI is InChI=1S/C12H15NO4/c1-8-5-6-10(17-8)11(14)13-7-3-2-4-9(13)12(15)16/h5-6,9H,2-4,7H2,1H3,(H,15,16)/p-1/t9-/m0/s1. The molecule has 1 aromatic rings. The number of nitrogens with zero attached hydrogens (tertiary/aromatic N) is 1. The summed E-state index contributed by atoms with van der Waals surface area (Å²) in [5.41, 5.74) is 0. The van der Waals surface area contributed by atoms with Crippen molar-refractivity contribution in [2.45, 2.75) is 32.2 Å². The number of furan rings is 1. The van der Waals surface area contributed by atoms with E-state index in [4.69, 9.17) is 4.42 Å². The minimum atomic E-state index is -1.19. The van der Waals surface area contributed by atoms with E-state index in [1.807, 2.05) is 0 Å². The monoisotopic (exact) mass is 236 g/mol. The largest absolute Gasteiger partial charge is 0.548 e. The molecule has 17 heavy (non-hydrogen) atoms. The number of carboxylic acid groups (broad SMARTS) is 1. The average Bonchev–Trinajstić information content (AvgIpc) is 2.75. The SMILES string of the molecule is Cc1ccc(C(=O)N2CCCC[C@H]2C(=O)[O-])o1. The highest BCUT2D eigenvalue weighted by Crippen LogP contribution is 2.20. The van der Waals surface area contributed by atoms with Gasteiger partial charge in [-0.1, -0.05) is 0 Å². The molecule has 2 rings (SSSR count). The van der Waals surface area contributed by atoms with E-state index < -0.39 is 12.0 Å². The summed E-state index contributed by atoms with van der Waals surface area (Å²) in [4.78, 5) is 24.4. The number of carboxylic acids is 1. The second-order valence-corrected chi connectivity index (χ2v) is 4.24. The fourth-order valence-corrected chi connectivity index (χ4v) is 2.11. The molecule has 0 saturated carbocycles. The highest BCUT2D eigenvalue weighted by molar-refractivity contribution is 5.94. The van der Waals surface area contributed by atoms with E-state index in [2.05, 4.69) is 0 Å². The smallest absolute Gasteiger partial charge is 0.290 e. The van der Waals surface area contributed by atoms with Crippen LogP contribution in [0.5, 0.6) is 0 Å². The molecule has 1 aliphatic heterocycles. The molecule has 0 N–H and O–H groups in total. The van der Waals surface area contributed by atoms with Gasteiger partial charge in [0.2, 0.25) is 0 Å². The lowest BCUT2D eigenvalue weighted by Gasteiger charge is -2.35. The predicted molar refractivity (Wildman–Crippen MR) is 57.1 cm³/mol. The number of amides is 1. The van der Waals surface area contributed by atoms with Crippen LogP contribution in [0.3, 0.4) is 0 Å². The van der Waals surface area contributed by atoms with Crippen LogP contribution in [-0.2, 0) is 4.79 Å². The molecular formula is C12H14NO4-. The van der Waals surface area contributed by atoms with E-state index >= 15 is 0 Å². The number of piperidine rings is 1. The van der Waals surface area contributed by atoms with Crippen LogP contribution < -0.4 is 5.11 Å². The Morgan fingerprint density at radius 1 is 1.41 bits per heavy atom. The molecule has 5 nitrogen and oxygen atoms in total. The van der Waals surface area contributed by atoms with Crippen LogP contribution >= 0.6 is 0 Å². The van der Waals surface area contributed by atoms with Gasteiger partial charge in [0.25, 0.3) is 5.91 Å². The normalized spacial score (nSPS) is 20.3. The van der Waals surface area contributed by atoms with Gasteiger partial charge in [0.05, 0.1) is 12.0 Å². The molecule has 0 radical (unpaired) electrons. The van der Waals surface area contributed by atoms with Gasteiger partial charge < -0.3 is 19.2 Å². The number of aliphatic carboxylic acids is 1. The van der Waals surface area contributed by atoms with Crippen molar-refractivity contribution < 1.29 is 19.1 Å². The van der Waals surface area contributed by atoms with E-state index in [0.717, 1.165) is 12.8 Å². The molecule has 1 aliphatic rings. The van der Waals surface area contributed by atoms with Gasteiger partial charge in [-0.2, -0.15) is 0 Å². The number of likely N-dealkylation sites (tertiary alicyclic amines) is 1. The maximum absolute atomic E-state index is 12.1. The Kier molecular flexibility index (Phi) is 3.17. The van der Waals surface area contributed by atoms with Crippen LogP contribution in [-0.4, -0.2) is 29.4 Å². The number of rotatable bonds is 2. The zero-order valence-electron chi connectivity index (χ0n) is 9.64. The number of hydrogen-bond acceptors (Lipinski definition) is 4. The molecule has 0 spiro atoms. The molecule has 0 bridgehead atoms. The Balaban J connectivity index is 2.19. The molecule has 1 aromatic heterocycles. The van der Waals surface area contributed by atoms with Crippen molar-refractivity contribution in [3.05, 3.63) is 23.7 Å². The summed E-state index contributed by atoms with van der Waals surface area (Å²) >= 11 is 0. The summed E-state index contributed by atoms with van der Waals surface area (Å²) in [5, 5.41) is 11.0. The van der Waals surface area contributed by atoms with E-state index in [0.29, 0.717) is 18.7 Å². The molecule has 1 amide bonds. The minimum absolute atomic E-state index is 0.190. The molecule has 2 heterocycles. The van der Waals surface area contributed by atoms with Gasteiger partial charge in [0, 0.05) is 6.54 Å². The van der Waals surface area contributed by atoms with Gasteiger partial charge in [-0.25, -0.2) is 0 Å². The molecular weight excluding hydrogens is 222 g/mol. The maximum atomic E-state index is 12.1. The van der Waals surface area contributed by atoms with Crippen LogP contribution in [0.15, 0.2) is 16.5 Å². The third-order valence-corrected chi connectivity index (χ3v) is 2.99. The van der Waals surface area contributed by atoms with Gasteiger partial charge in [-0.3, -0.25) is 4.79 Å². The number of aryl methyl sites for hydroxylation is 1. The molecule has 0 aromatic carbocycles. The van der Waals surface area contributed by atoms with Crippen molar-refractivity contribution >= 4 is 11.9 Å². The first-order valence-electron chi connectivity index (χ1n) is 5.68. The van der Waals surface area contributed by atoms with Crippen molar-refractivity contribution in [2.24, 2.45) is 0 Å². The first-order chi connectivity index (χ1) is 8.09. The van der Waals surface area contributed by atoms with Gasteiger partial charge >= 0.3 is 0 Å². The summed E-state index contributed by atoms with van der Waals surface area (Å²) in [6.45, 7) is 2.18. The topological polar surface area (TPSA) is 73.6 Å². The first-order valence-corrected chi connectivity index (χ1v) is 5.68. The highest BCUT2D eigenvalue weighted by Gasteiger charge is 2.29. The molecule has 5 heteroatoms. The lowest BCUT2D eigenvalue weighted by Crippen LogP contribution is -2.52. The lowest BCUT2D eigenvalue weighted by molar-refractivity contribution is -0.311. The Morgan fingerprint density at radius 3 is 2.76 bits per heavy atom. The number of carbonyl (C=O) groups excluding carboxylic acids is 2. The van der Waals surface area contributed by atoms with Crippen LogP contribution in [0, 0.1) is 6.92 Å². The van der Waals surface area contributed by atoms with Gasteiger partial charge in [-0.05, 0) is 38.3 Å². The Bertz CT molecular complexity index is 437. The maximum Gasteiger partial charge on any atom is 0.290 e. The lowest BCUT2D eigenvalue weighted by atomic mass is 10.0. The Morgan fingerprint density at radius 2 is 2.18 bits per heavy atom. The quantitative estimate of drug-likeness (QED) is 0.741. The Labute approximate surface area is 99.0 Å². The van der Waals surface area contributed by atoms with Gasteiger partial charge in [-0.15, -0.1) is 0 Å². The van der Waals surface area contributed by atoms with Gasteiger partial charge in [0.15, 0.2) is 5.76 Å². The summed E-state index contributed by atoms with van der Waals surface area (Å²) in [7, 11) is 0. The van der Waals surface area contributed by atoms with Crippen molar-refractivity contribution in [1.29, 1.82) is 0 Å². The van der Waals surface area contributed by atoms with Gasteiger partial charge in [0.1, 0.15) is 5.76 Å². The molecule has 0 unspecified atom stereocenters. The third-order valence-electron chi connectivity index (χ3n) is 2.99. The summed E-state index contributed by atoms with van der Waals surface area (Å²) < 4.78 is 5.22. The molecule has 1 fully saturated rings. The zero-order chi connectivity index (χ0) is 12.4. The fraction of sp³-hybridized carbons (Fsp3) is 0.500. The van der Waals surface area contributed by atoms with Crippen LogP contribution in [0.25, 0.3) is 0 Å². The third kappa shape index (κ3) is 2.33. The summed E-state index contributed by atoms with van der Waals surface area (Å²) in [6.07, 6.45) is 2.07. The van der Waals surface area contributed by atoms with E-state index in [1.165, 1.54) is 4.90 Å².